The Hall–Kier alpha value is -1.29. The summed E-state index contributed by atoms with van der Waals surface area (Å²) in [7, 11) is 0. The van der Waals surface area contributed by atoms with Gasteiger partial charge in [-0.15, -0.1) is 0 Å². The van der Waals surface area contributed by atoms with Crippen LogP contribution in [-0.2, 0) is 6.42 Å². The monoisotopic (exact) mass is 160 g/mol. The molecule has 0 radical (unpaired) electrons. The standard InChI is InChI=1S/C10H14.CN/c1-9(2)8-10-6-4-3-5-7-10;1-2/h3-7,9H,8H2,1-2H3;/q;-1. The smallest absolute Gasteiger partial charge is 0.0256 e. The van der Waals surface area contributed by atoms with Crippen molar-refractivity contribution in [2.45, 2.75) is 20.3 Å². The summed E-state index contributed by atoms with van der Waals surface area (Å²) in [5.41, 5.74) is 1.44. The molecule has 1 nitrogen and oxygen atoms in total. The molecule has 0 aliphatic heterocycles. The Bertz CT molecular complexity index is 211. The van der Waals surface area contributed by atoms with E-state index < -0.39 is 0 Å². The van der Waals surface area contributed by atoms with Crippen LogP contribution in [0.15, 0.2) is 30.3 Å². The van der Waals surface area contributed by atoms with Gasteiger partial charge in [-0.25, -0.2) is 0 Å². The first-order chi connectivity index (χ1) is 5.79. The minimum Gasteiger partial charge on any atom is -0.512 e. The maximum absolute atomic E-state index is 6.25. The third kappa shape index (κ3) is 4.51. The van der Waals surface area contributed by atoms with Gasteiger partial charge in [0.05, 0.1) is 0 Å². The van der Waals surface area contributed by atoms with E-state index in [1.807, 2.05) is 0 Å². The van der Waals surface area contributed by atoms with Crippen molar-refractivity contribution in [3.8, 4) is 0 Å². The average molecular weight is 160 g/mol. The average Bonchev–Trinajstić information content (AvgIpc) is 2.08. The van der Waals surface area contributed by atoms with Gasteiger partial charge >= 0.3 is 0 Å². The Morgan fingerprint density at radius 3 is 2.08 bits per heavy atom. The summed E-state index contributed by atoms with van der Waals surface area (Å²) in [5.74, 6) is 0.766. The third-order valence-electron chi connectivity index (χ3n) is 1.49. The fourth-order valence-electron chi connectivity index (χ4n) is 1.09. The van der Waals surface area contributed by atoms with E-state index in [9.17, 15) is 0 Å². The molecule has 0 saturated carbocycles. The Morgan fingerprint density at radius 1 is 1.17 bits per heavy atom. The van der Waals surface area contributed by atoms with Gasteiger partial charge in [0.25, 0.3) is 0 Å². The lowest BCUT2D eigenvalue weighted by molar-refractivity contribution is 0.647. The highest BCUT2D eigenvalue weighted by Crippen LogP contribution is 2.05. The summed E-state index contributed by atoms with van der Waals surface area (Å²) >= 11 is 0. The van der Waals surface area contributed by atoms with Gasteiger partial charge in [0.1, 0.15) is 0 Å². The second kappa shape index (κ2) is 6.42. The highest BCUT2D eigenvalue weighted by molar-refractivity contribution is 5.14. The number of rotatable bonds is 2. The van der Waals surface area contributed by atoms with Crippen LogP contribution in [-0.4, -0.2) is 0 Å². The largest absolute Gasteiger partial charge is 0.512 e. The molecule has 0 bridgehead atoms. The van der Waals surface area contributed by atoms with Crippen molar-refractivity contribution in [1.29, 1.82) is 5.26 Å². The number of hydrogen-bond acceptors (Lipinski definition) is 1. The van der Waals surface area contributed by atoms with Crippen LogP contribution in [0.4, 0.5) is 0 Å². The van der Waals surface area contributed by atoms with E-state index in [0.29, 0.717) is 0 Å². The maximum Gasteiger partial charge on any atom is -0.0256 e. The van der Waals surface area contributed by atoms with Crippen LogP contribution < -0.4 is 0 Å². The molecule has 64 valence electrons. The summed E-state index contributed by atoms with van der Waals surface area (Å²) in [6.45, 7) is 9.24. The molecule has 1 rings (SSSR count). The van der Waals surface area contributed by atoms with Gasteiger partial charge in [-0.1, -0.05) is 44.2 Å². The molecule has 0 unspecified atom stereocenters. The molecule has 12 heavy (non-hydrogen) atoms. The summed E-state index contributed by atoms with van der Waals surface area (Å²) in [5, 5.41) is 6.25. The van der Waals surface area contributed by atoms with Crippen molar-refractivity contribution < 1.29 is 0 Å². The van der Waals surface area contributed by atoms with E-state index in [1.165, 1.54) is 12.0 Å². The van der Waals surface area contributed by atoms with E-state index in [4.69, 9.17) is 11.8 Å². The van der Waals surface area contributed by atoms with Crippen molar-refractivity contribution in [2.75, 3.05) is 0 Å². The molecular weight excluding hydrogens is 146 g/mol. The SMILES string of the molecule is CC(C)Cc1ccccc1.[C-]#N. The van der Waals surface area contributed by atoms with Crippen LogP contribution in [0.2, 0.25) is 0 Å². The quantitative estimate of drug-likeness (QED) is 0.610. The zero-order valence-corrected chi connectivity index (χ0v) is 7.62. The molecule has 1 aromatic carbocycles. The van der Waals surface area contributed by atoms with Gasteiger partial charge in [-0.3, -0.25) is 0 Å². The highest BCUT2D eigenvalue weighted by atomic mass is 14.2. The molecule has 0 fully saturated rings. The van der Waals surface area contributed by atoms with Crippen molar-refractivity contribution in [3.63, 3.8) is 0 Å². The van der Waals surface area contributed by atoms with Crippen LogP contribution in [0.3, 0.4) is 0 Å². The normalized spacial score (nSPS) is 8.75. The molecule has 0 atom stereocenters. The molecule has 0 saturated heterocycles. The molecule has 1 aromatic rings. The first kappa shape index (κ1) is 10.7. The molecule has 0 aliphatic rings. The predicted molar refractivity (Wildman–Crippen MR) is 50.0 cm³/mol. The predicted octanol–water partition coefficient (Wildman–Crippen LogP) is 2.98. The van der Waals surface area contributed by atoms with Crippen LogP contribution in [0, 0.1) is 17.8 Å². The summed E-state index contributed by atoms with van der Waals surface area (Å²) < 4.78 is 0. The fourth-order valence-corrected chi connectivity index (χ4v) is 1.09. The fraction of sp³-hybridized carbons (Fsp3) is 0.364. The van der Waals surface area contributed by atoms with Crippen LogP contribution >= 0.6 is 0 Å². The lowest BCUT2D eigenvalue weighted by Gasteiger charge is -2.02. The van der Waals surface area contributed by atoms with Gasteiger partial charge < -0.3 is 11.8 Å². The molecule has 0 N–H and O–H groups in total. The Balaban J connectivity index is 0.000000561. The molecule has 0 aliphatic carbocycles. The van der Waals surface area contributed by atoms with Crippen molar-refractivity contribution in [2.24, 2.45) is 5.92 Å². The lowest BCUT2D eigenvalue weighted by atomic mass is 10.0. The van der Waals surface area contributed by atoms with E-state index in [0.717, 1.165) is 5.92 Å². The zero-order valence-electron chi connectivity index (χ0n) is 7.62. The summed E-state index contributed by atoms with van der Waals surface area (Å²) in [6.07, 6.45) is 1.20. The summed E-state index contributed by atoms with van der Waals surface area (Å²) in [6, 6.07) is 10.6. The topological polar surface area (TPSA) is 23.8 Å². The molecule has 0 spiro atoms. The zero-order chi connectivity index (χ0) is 9.40. The van der Waals surface area contributed by atoms with E-state index in [1.54, 1.807) is 0 Å². The van der Waals surface area contributed by atoms with Gasteiger partial charge in [-0.05, 0) is 17.9 Å². The van der Waals surface area contributed by atoms with Gasteiger partial charge in [0, 0.05) is 0 Å². The van der Waals surface area contributed by atoms with E-state index in [-0.39, 0.29) is 0 Å². The van der Waals surface area contributed by atoms with Crippen molar-refractivity contribution in [1.82, 2.24) is 0 Å². The van der Waals surface area contributed by atoms with Crippen LogP contribution in [0.25, 0.3) is 0 Å². The Labute approximate surface area is 74.7 Å². The van der Waals surface area contributed by atoms with Crippen molar-refractivity contribution in [3.05, 3.63) is 42.5 Å². The number of hydrogen-bond donors (Lipinski definition) is 0. The number of benzene rings is 1. The van der Waals surface area contributed by atoms with E-state index in [2.05, 4.69) is 44.2 Å². The molecule has 0 amide bonds. The van der Waals surface area contributed by atoms with Gasteiger partial charge in [0.15, 0.2) is 0 Å². The first-order valence-electron chi connectivity index (χ1n) is 4.05. The Morgan fingerprint density at radius 2 is 1.67 bits per heavy atom. The second-order valence-corrected chi connectivity index (χ2v) is 3.08. The minimum atomic E-state index is 0.766. The third-order valence-corrected chi connectivity index (χ3v) is 1.49. The lowest BCUT2D eigenvalue weighted by Crippen LogP contribution is -1.92. The van der Waals surface area contributed by atoms with Gasteiger partial charge in [0.2, 0.25) is 0 Å². The van der Waals surface area contributed by atoms with Crippen molar-refractivity contribution >= 4 is 0 Å². The second-order valence-electron chi connectivity index (χ2n) is 3.08. The van der Waals surface area contributed by atoms with Crippen LogP contribution in [0.1, 0.15) is 19.4 Å². The van der Waals surface area contributed by atoms with Gasteiger partial charge in [-0.2, -0.15) is 0 Å². The molecule has 0 aromatic heterocycles. The summed E-state index contributed by atoms with van der Waals surface area (Å²) in [4.78, 5) is 0. The number of nitrogens with zero attached hydrogens (tertiary/aromatic N) is 1. The molecule has 1 heteroatoms. The maximum atomic E-state index is 6.25. The first-order valence-corrected chi connectivity index (χ1v) is 4.05. The molecule has 0 heterocycles. The Kier molecular flexibility index (Phi) is 5.73. The molecular formula is C11H14N-. The minimum absolute atomic E-state index is 0.766. The van der Waals surface area contributed by atoms with Crippen LogP contribution in [0.5, 0.6) is 0 Å². The van der Waals surface area contributed by atoms with E-state index >= 15 is 0 Å². The highest BCUT2D eigenvalue weighted by Gasteiger charge is 1.94.